The molecule has 6 atom stereocenters. The second-order valence-electron chi connectivity index (χ2n) is 17.2. The molecule has 6 heterocycles. The predicted molar refractivity (Wildman–Crippen MR) is 206 cm³/mol. The number of rotatable bonds is 10. The van der Waals surface area contributed by atoms with Gasteiger partial charge < -0.3 is 9.97 Å². The van der Waals surface area contributed by atoms with Crippen LogP contribution in [0.4, 0.5) is 0 Å². The lowest BCUT2D eigenvalue weighted by Crippen LogP contribution is -2.18. The van der Waals surface area contributed by atoms with Crippen molar-refractivity contribution in [2.45, 2.75) is 101 Å². The average Bonchev–Trinajstić information content (AvgIpc) is 3.73. The molecule has 4 saturated carbocycles. The molecule has 0 amide bonds. The van der Waals surface area contributed by atoms with E-state index >= 15 is 0 Å². The van der Waals surface area contributed by atoms with Crippen LogP contribution in [0, 0.1) is 35.5 Å². The number of hydrogen-bond donors (Lipinski definition) is 2. The zero-order valence-electron chi connectivity index (χ0n) is 31.3. The van der Waals surface area contributed by atoms with Gasteiger partial charge in [-0.2, -0.15) is 0 Å². The van der Waals surface area contributed by atoms with Gasteiger partial charge in [-0.25, -0.2) is 26.8 Å². The highest BCUT2D eigenvalue weighted by molar-refractivity contribution is 7.92. The molecule has 0 radical (unpaired) electrons. The van der Waals surface area contributed by atoms with Gasteiger partial charge >= 0.3 is 0 Å². The largest absolute Gasteiger partial charge is 0.345 e. The van der Waals surface area contributed by atoms with Crippen molar-refractivity contribution in [3.8, 4) is 0 Å². The van der Waals surface area contributed by atoms with Gasteiger partial charge in [0.15, 0.2) is 42.3 Å². The minimum absolute atomic E-state index is 0.0754. The summed E-state index contributed by atoms with van der Waals surface area (Å²) in [5, 5.41) is 17.6. The summed E-state index contributed by atoms with van der Waals surface area (Å²) in [5.74, 6) is 5.19. The molecule has 0 unspecified atom stereocenters. The summed E-state index contributed by atoms with van der Waals surface area (Å²) in [6.07, 6.45) is 14.2. The number of hydrogen-bond acceptors (Lipinski definition) is 10. The lowest BCUT2D eigenvalue weighted by molar-refractivity contribution is 0.343. The summed E-state index contributed by atoms with van der Waals surface area (Å²) in [6, 6.07) is 3.99. The van der Waals surface area contributed by atoms with Crippen molar-refractivity contribution in [2.24, 2.45) is 35.5 Å². The van der Waals surface area contributed by atoms with Crippen molar-refractivity contribution in [3.05, 3.63) is 48.6 Å². The number of H-pyrrole nitrogens is 2. The van der Waals surface area contributed by atoms with Gasteiger partial charge in [-0.15, -0.1) is 20.4 Å². The maximum Gasteiger partial charge on any atom is 0.179 e. The zero-order valence-corrected chi connectivity index (χ0v) is 33.0. The summed E-state index contributed by atoms with van der Waals surface area (Å²) < 4.78 is 54.3. The summed E-state index contributed by atoms with van der Waals surface area (Å²) in [5.41, 5.74) is 5.07. The second-order valence-corrected chi connectivity index (χ2v) is 21.9. The van der Waals surface area contributed by atoms with Crippen LogP contribution >= 0.6 is 0 Å². The molecule has 10 rings (SSSR count). The van der Waals surface area contributed by atoms with E-state index in [9.17, 15) is 16.8 Å². The Morgan fingerprint density at radius 2 is 1.04 bits per heavy atom. The van der Waals surface area contributed by atoms with Gasteiger partial charge in [-0.05, 0) is 99.0 Å². The predicted octanol–water partition coefficient (Wildman–Crippen LogP) is 5.90. The summed E-state index contributed by atoms with van der Waals surface area (Å²) in [4.78, 5) is 15.1. The Hall–Kier alpha value is -3.92. The highest BCUT2D eigenvalue weighted by atomic mass is 32.2. The van der Waals surface area contributed by atoms with Crippen LogP contribution in [0.1, 0.15) is 103 Å². The van der Waals surface area contributed by atoms with Crippen LogP contribution in [-0.4, -0.2) is 88.0 Å². The molecule has 16 heteroatoms. The van der Waals surface area contributed by atoms with E-state index < -0.39 is 19.7 Å². The smallest absolute Gasteiger partial charge is 0.179 e. The molecule has 0 aromatic carbocycles. The van der Waals surface area contributed by atoms with Crippen LogP contribution in [0.5, 0.6) is 0 Å². The Balaban J connectivity index is 0.000000142. The molecule has 54 heavy (non-hydrogen) atoms. The van der Waals surface area contributed by atoms with E-state index in [1.807, 2.05) is 24.5 Å². The molecule has 0 saturated heterocycles. The average molecular weight is 775 g/mol. The molecule has 4 fully saturated rings. The highest BCUT2D eigenvalue weighted by Crippen LogP contribution is 2.49. The van der Waals surface area contributed by atoms with E-state index in [0.29, 0.717) is 35.2 Å². The Morgan fingerprint density at radius 3 is 1.41 bits per heavy atom. The second kappa shape index (κ2) is 13.4. The molecule has 6 aromatic rings. The van der Waals surface area contributed by atoms with E-state index in [1.54, 1.807) is 12.4 Å². The molecule has 288 valence electrons. The monoisotopic (exact) mass is 774 g/mol. The fourth-order valence-corrected chi connectivity index (χ4v) is 13.9. The maximum absolute atomic E-state index is 12.5. The van der Waals surface area contributed by atoms with Crippen LogP contribution in [0.25, 0.3) is 33.6 Å². The number of aromatic nitrogens is 10. The summed E-state index contributed by atoms with van der Waals surface area (Å²) in [6.45, 7) is 8.91. The van der Waals surface area contributed by atoms with Gasteiger partial charge in [0.1, 0.15) is 11.6 Å². The minimum Gasteiger partial charge on any atom is -0.345 e. The molecule has 4 aliphatic rings. The summed E-state index contributed by atoms with van der Waals surface area (Å²) >= 11 is 0. The van der Waals surface area contributed by atoms with Gasteiger partial charge in [-0.3, -0.25) is 8.80 Å². The maximum atomic E-state index is 12.5. The van der Waals surface area contributed by atoms with E-state index in [2.05, 4.69) is 76.8 Å². The Bertz CT molecular complexity index is 2370. The van der Waals surface area contributed by atoms with E-state index in [0.717, 1.165) is 96.6 Å². The lowest BCUT2D eigenvalue weighted by atomic mass is 9.85. The van der Waals surface area contributed by atoms with E-state index in [1.165, 1.54) is 0 Å². The third-order valence-electron chi connectivity index (χ3n) is 12.7. The van der Waals surface area contributed by atoms with Crippen molar-refractivity contribution < 1.29 is 16.8 Å². The van der Waals surface area contributed by atoms with E-state index in [4.69, 9.17) is 0 Å². The molecular weight excluding hydrogens is 725 g/mol. The highest BCUT2D eigenvalue weighted by Gasteiger charge is 2.45. The zero-order chi connectivity index (χ0) is 37.5. The molecule has 0 aliphatic heterocycles. The van der Waals surface area contributed by atoms with Gasteiger partial charge in [0, 0.05) is 24.2 Å². The first-order valence-corrected chi connectivity index (χ1v) is 23.1. The van der Waals surface area contributed by atoms with Gasteiger partial charge in [0.25, 0.3) is 0 Å². The van der Waals surface area contributed by atoms with Crippen LogP contribution in [-0.2, 0) is 19.7 Å². The van der Waals surface area contributed by atoms with Gasteiger partial charge in [0.05, 0.1) is 45.4 Å². The third kappa shape index (κ3) is 6.50. The Kier molecular flexibility index (Phi) is 8.86. The number of fused-ring (bicyclic) bond motifs is 6. The van der Waals surface area contributed by atoms with Gasteiger partial charge in [-0.1, -0.05) is 27.7 Å². The fraction of sp³-hybridized carbons (Fsp3) is 0.632. The normalized spacial score (nSPS) is 26.6. The first-order valence-electron chi connectivity index (χ1n) is 19.6. The van der Waals surface area contributed by atoms with Gasteiger partial charge in [0.2, 0.25) is 0 Å². The number of nitrogens with zero attached hydrogens (tertiary/aromatic N) is 8. The molecule has 0 spiro atoms. The van der Waals surface area contributed by atoms with Crippen molar-refractivity contribution in [1.29, 1.82) is 0 Å². The molecule has 2 N–H and O–H groups in total. The Labute approximate surface area is 315 Å². The standard InChI is InChI=1S/2C19H25N5O2S/c2*1-11(2)14-7-12(10-27(25,26)13-3-4-13)8-15(14)19-23-22-17-9-21-18-16(24(17)19)5-6-20-18/h2*5-6,9,11-15,20H,3-4,7-8,10H2,1-2H3/t2*12-,14-,15-/m10/s1. The first-order chi connectivity index (χ1) is 25.9. The molecule has 6 aromatic heterocycles. The van der Waals surface area contributed by atoms with E-state index in [-0.39, 0.29) is 34.2 Å². The van der Waals surface area contributed by atoms with Crippen molar-refractivity contribution in [2.75, 3.05) is 11.5 Å². The van der Waals surface area contributed by atoms with Crippen molar-refractivity contribution in [1.82, 2.24) is 49.1 Å². The van der Waals surface area contributed by atoms with Crippen molar-refractivity contribution in [3.63, 3.8) is 0 Å². The van der Waals surface area contributed by atoms with Crippen LogP contribution in [0.15, 0.2) is 36.9 Å². The molecule has 4 aliphatic carbocycles. The number of aromatic amines is 2. The topological polar surface area (TPSA) is 186 Å². The molecule has 0 bridgehead atoms. The SMILES string of the molecule is CC(C)[C@@H]1C[C@H](CS(=O)(=O)C2CC2)C[C@@H]1c1nnc2cnc3[nH]ccc3n12.CC(C)[C@H]1C[C@@H](CS(=O)(=O)C2CC2)C[C@H]1c1nnc2cnc3[nH]ccc3n12. The van der Waals surface area contributed by atoms with Crippen LogP contribution < -0.4 is 0 Å². The van der Waals surface area contributed by atoms with Crippen LogP contribution in [0.3, 0.4) is 0 Å². The fourth-order valence-electron chi connectivity index (χ4n) is 9.76. The third-order valence-corrected chi connectivity index (χ3v) is 17.6. The number of nitrogens with one attached hydrogen (secondary N) is 2. The van der Waals surface area contributed by atoms with Crippen molar-refractivity contribution >= 4 is 53.3 Å². The Morgan fingerprint density at radius 1 is 0.630 bits per heavy atom. The molecular formula is C38H50N10O4S2. The summed E-state index contributed by atoms with van der Waals surface area (Å²) in [7, 11) is -5.88. The minimum atomic E-state index is -2.94. The van der Waals surface area contributed by atoms with Crippen LogP contribution in [0.2, 0.25) is 0 Å². The number of sulfone groups is 2. The quantitative estimate of drug-likeness (QED) is 0.170. The molecule has 14 nitrogen and oxygen atoms in total. The first kappa shape index (κ1) is 35.8. The lowest BCUT2D eigenvalue weighted by Gasteiger charge is -2.21.